The Kier molecular flexibility index (Phi) is 14.9. The number of esters is 1. The molecule has 0 aromatic rings. The maximum atomic E-state index is 12.8. The lowest BCUT2D eigenvalue weighted by Crippen LogP contribution is -2.71. The van der Waals surface area contributed by atoms with Gasteiger partial charge in [-0.15, -0.1) is 0 Å². The largest absolute Gasteiger partial charge is 0.477 e. The summed E-state index contributed by atoms with van der Waals surface area (Å²) < 4.78 is 32.5. The molecule has 0 radical (unpaired) electrons. The molecule has 3 aliphatic rings. The van der Waals surface area contributed by atoms with E-state index in [1.165, 1.54) is 6.92 Å². The van der Waals surface area contributed by atoms with E-state index in [1.54, 1.807) is 0 Å². The molecule has 16 atom stereocenters. The second kappa shape index (κ2) is 17.8. The van der Waals surface area contributed by atoms with Gasteiger partial charge in [-0.05, 0) is 6.92 Å². The summed E-state index contributed by atoms with van der Waals surface area (Å²) in [5, 5.41) is 117. The van der Waals surface area contributed by atoms with Gasteiger partial charge in [0.25, 0.3) is 5.79 Å². The van der Waals surface area contributed by atoms with Crippen LogP contribution < -0.4 is 5.32 Å². The maximum Gasteiger partial charge on any atom is 0.364 e. The molecular weight excluding hydrogens is 686 g/mol. The SMILES string of the molecule is CC(=O)CCC(=O)OC[C@H]1O[C@@H](O[C@H]2[C@H](O)[C@@H](O)[C@H](O)O[C@@H]2CO)[C@H](O)[C@@H](O[C@]2(C(=O)O)C[C@H](O)[C@@H](NC(C)=O)[C@H]([C@H](O)[C@H](O)CO)O2)[C@H]1O. The normalized spacial score (nSPS) is 40.4. The Morgan fingerprint density at radius 1 is 0.880 bits per heavy atom. The van der Waals surface area contributed by atoms with Crippen LogP contribution in [-0.2, 0) is 47.6 Å². The van der Waals surface area contributed by atoms with Crippen molar-refractivity contribution in [2.24, 2.45) is 0 Å². The highest BCUT2D eigenvalue weighted by molar-refractivity contribution is 5.81. The zero-order valence-corrected chi connectivity index (χ0v) is 26.9. The molecule has 3 saturated heterocycles. The Balaban J connectivity index is 2.00. The number of carboxylic acids is 1. The van der Waals surface area contributed by atoms with Crippen LogP contribution in [0.3, 0.4) is 0 Å². The minimum absolute atomic E-state index is 0.197. The van der Waals surface area contributed by atoms with Crippen LogP contribution in [0, 0.1) is 0 Å². The van der Waals surface area contributed by atoms with Crippen molar-refractivity contribution < 1.29 is 104 Å². The molecule has 22 nitrogen and oxygen atoms in total. The molecule has 0 saturated carbocycles. The number of nitrogens with one attached hydrogen (secondary N) is 1. The summed E-state index contributed by atoms with van der Waals surface area (Å²) in [4.78, 5) is 48.1. The van der Waals surface area contributed by atoms with Crippen molar-refractivity contribution in [1.82, 2.24) is 5.32 Å². The number of hydrogen-bond donors (Lipinski definition) is 12. The minimum Gasteiger partial charge on any atom is -0.477 e. The van der Waals surface area contributed by atoms with Crippen molar-refractivity contribution in [3.8, 4) is 0 Å². The lowest BCUT2D eigenvalue weighted by molar-refractivity contribution is -0.385. The summed E-state index contributed by atoms with van der Waals surface area (Å²) in [6, 6.07) is -1.59. The highest BCUT2D eigenvalue weighted by Crippen LogP contribution is 2.38. The van der Waals surface area contributed by atoms with Gasteiger partial charge in [0.2, 0.25) is 5.91 Å². The van der Waals surface area contributed by atoms with Crippen LogP contribution in [0.4, 0.5) is 0 Å². The van der Waals surface area contributed by atoms with E-state index in [9.17, 15) is 75.3 Å². The van der Waals surface area contributed by atoms with Gasteiger partial charge in [-0.2, -0.15) is 0 Å². The number of carboxylic acid groups (broad SMARTS) is 1. The van der Waals surface area contributed by atoms with Crippen LogP contribution >= 0.6 is 0 Å². The summed E-state index contributed by atoms with van der Waals surface area (Å²) in [7, 11) is 0. The van der Waals surface area contributed by atoms with E-state index in [0.717, 1.165) is 6.92 Å². The number of Topliss-reactive ketones (excluding diaryl/α,β-unsaturated/α-hetero) is 1. The quantitative estimate of drug-likeness (QED) is 0.0696. The van der Waals surface area contributed by atoms with Crippen LogP contribution in [0.1, 0.15) is 33.1 Å². The van der Waals surface area contributed by atoms with E-state index in [1.807, 2.05) is 0 Å². The number of hydrogen-bond acceptors (Lipinski definition) is 20. The molecule has 0 spiro atoms. The molecule has 50 heavy (non-hydrogen) atoms. The second-order valence-electron chi connectivity index (χ2n) is 12.2. The first-order valence-electron chi connectivity index (χ1n) is 15.5. The molecule has 12 N–H and O–H groups in total. The van der Waals surface area contributed by atoms with Gasteiger partial charge in [-0.1, -0.05) is 0 Å². The number of aliphatic carboxylic acids is 1. The van der Waals surface area contributed by atoms with Gasteiger partial charge in [-0.25, -0.2) is 4.79 Å². The Morgan fingerprint density at radius 2 is 1.54 bits per heavy atom. The molecule has 22 heteroatoms. The zero-order valence-electron chi connectivity index (χ0n) is 26.9. The maximum absolute atomic E-state index is 12.8. The predicted molar refractivity (Wildman–Crippen MR) is 154 cm³/mol. The van der Waals surface area contributed by atoms with Crippen LogP contribution in [0.15, 0.2) is 0 Å². The fraction of sp³-hybridized carbons (Fsp3) is 0.857. The highest BCUT2D eigenvalue weighted by Gasteiger charge is 2.60. The first-order chi connectivity index (χ1) is 23.4. The number of rotatable bonds is 15. The van der Waals surface area contributed by atoms with Gasteiger partial charge in [-0.3, -0.25) is 9.59 Å². The number of carbonyl (C=O) groups is 4. The Labute approximate surface area is 283 Å². The smallest absolute Gasteiger partial charge is 0.364 e. The second-order valence-corrected chi connectivity index (χ2v) is 12.2. The van der Waals surface area contributed by atoms with Gasteiger partial charge in [0, 0.05) is 19.8 Å². The van der Waals surface area contributed by atoms with Crippen LogP contribution in [0.5, 0.6) is 0 Å². The molecule has 0 bridgehead atoms. The average molecular weight is 732 g/mol. The first kappa shape index (κ1) is 41.9. The molecule has 3 rings (SSSR count). The van der Waals surface area contributed by atoms with Gasteiger partial charge < -0.3 is 94.7 Å². The third-order valence-corrected chi connectivity index (χ3v) is 8.38. The van der Waals surface area contributed by atoms with Crippen molar-refractivity contribution in [2.45, 2.75) is 131 Å². The first-order valence-corrected chi connectivity index (χ1v) is 15.5. The fourth-order valence-corrected chi connectivity index (χ4v) is 5.68. The van der Waals surface area contributed by atoms with E-state index >= 15 is 0 Å². The number of carbonyl (C=O) groups excluding carboxylic acids is 3. The molecule has 0 unspecified atom stereocenters. The van der Waals surface area contributed by atoms with Crippen molar-refractivity contribution in [3.05, 3.63) is 0 Å². The van der Waals surface area contributed by atoms with Crippen LogP contribution in [0.2, 0.25) is 0 Å². The predicted octanol–water partition coefficient (Wildman–Crippen LogP) is -7.30. The van der Waals surface area contributed by atoms with Crippen molar-refractivity contribution >= 4 is 23.6 Å². The molecule has 288 valence electrons. The third kappa shape index (κ3) is 9.67. The van der Waals surface area contributed by atoms with E-state index in [4.69, 9.17) is 28.4 Å². The van der Waals surface area contributed by atoms with E-state index in [2.05, 4.69) is 5.32 Å². The molecule has 3 aliphatic heterocycles. The summed E-state index contributed by atoms with van der Waals surface area (Å²) in [6.45, 7) is -0.588. The molecule has 0 aliphatic carbocycles. The summed E-state index contributed by atoms with van der Waals surface area (Å²) in [5.41, 5.74) is 0. The molecule has 3 fully saturated rings. The Morgan fingerprint density at radius 3 is 2.10 bits per heavy atom. The summed E-state index contributed by atoms with van der Waals surface area (Å²) in [5.74, 6) is -7.18. The number of aliphatic hydroxyl groups is 10. The Bertz CT molecular complexity index is 1170. The monoisotopic (exact) mass is 731 g/mol. The summed E-state index contributed by atoms with van der Waals surface area (Å²) >= 11 is 0. The average Bonchev–Trinajstić information content (AvgIpc) is 3.06. The van der Waals surface area contributed by atoms with Crippen LogP contribution in [0.25, 0.3) is 0 Å². The Hall–Kier alpha value is -2.52. The summed E-state index contributed by atoms with van der Waals surface area (Å²) in [6.07, 6.45) is -29.4. The highest BCUT2D eigenvalue weighted by atomic mass is 16.8. The van der Waals surface area contributed by atoms with Crippen molar-refractivity contribution in [2.75, 3.05) is 19.8 Å². The third-order valence-electron chi connectivity index (χ3n) is 8.38. The number of aliphatic hydroxyl groups excluding tert-OH is 10. The molecule has 0 aromatic heterocycles. The topological polar surface area (TPSA) is 358 Å². The minimum atomic E-state index is -3.10. The van der Waals surface area contributed by atoms with Crippen molar-refractivity contribution in [3.63, 3.8) is 0 Å². The van der Waals surface area contributed by atoms with Gasteiger partial charge >= 0.3 is 11.9 Å². The standard InChI is InChI=1S/C28H45NO21/c1-9(32)3-4-15(36)45-8-14-18(38)24(21(41)26(47-14)48-22-13(7-31)46-25(42)20(40)19(22)39)50-28(27(43)44)5-11(34)16(29-10(2)33)23(49-28)17(37)12(35)6-30/h11-14,16-26,30-31,34-35,37-42H,3-8H2,1-2H3,(H,29,33)(H,43,44)/t11-,12+,13+,14+,16+,17+,18-,19+,20+,21+,22+,23+,24-,25+,26-,28-/m0/s1. The lowest BCUT2D eigenvalue weighted by atomic mass is 9.88. The van der Waals surface area contributed by atoms with Gasteiger partial charge in [0.05, 0.1) is 31.8 Å². The zero-order chi connectivity index (χ0) is 37.7. The molecule has 1 amide bonds. The molecular formula is C28H45NO21. The molecule has 3 heterocycles. The van der Waals surface area contributed by atoms with E-state index in [0.29, 0.717) is 0 Å². The number of ether oxygens (including phenoxy) is 6. The lowest BCUT2D eigenvalue weighted by Gasteiger charge is -2.50. The van der Waals surface area contributed by atoms with E-state index in [-0.39, 0.29) is 18.6 Å². The fourth-order valence-electron chi connectivity index (χ4n) is 5.68. The van der Waals surface area contributed by atoms with Gasteiger partial charge in [0.1, 0.15) is 79.5 Å². The molecule has 0 aromatic carbocycles. The van der Waals surface area contributed by atoms with Gasteiger partial charge in [0.15, 0.2) is 12.6 Å². The van der Waals surface area contributed by atoms with E-state index < -0.39 is 142 Å². The number of amides is 1. The van der Waals surface area contributed by atoms with Crippen LogP contribution in [-0.4, -0.2) is 197 Å². The van der Waals surface area contributed by atoms with Crippen molar-refractivity contribution in [1.29, 1.82) is 0 Å². The number of ketones is 1.